The summed E-state index contributed by atoms with van der Waals surface area (Å²) in [6.45, 7) is -0.112. The third-order valence-corrected chi connectivity index (χ3v) is 1.76. The summed E-state index contributed by atoms with van der Waals surface area (Å²) in [6, 6.07) is 3.59. The highest BCUT2D eigenvalue weighted by Crippen LogP contribution is 2.19. The maximum absolute atomic E-state index is 8.98. The Morgan fingerprint density at radius 2 is 2.15 bits per heavy atom. The van der Waals surface area contributed by atoms with Gasteiger partial charge in [0.2, 0.25) is 0 Å². The molecule has 0 aliphatic rings. The Kier molecular flexibility index (Phi) is 3.82. The molecule has 1 aromatic rings. The summed E-state index contributed by atoms with van der Waals surface area (Å²) in [5.41, 5.74) is 1.34. The third-order valence-electron chi connectivity index (χ3n) is 1.76. The number of hydrogen-bond acceptors (Lipinski definition) is 4. The SMILES string of the molecule is COC(OC)c1cccnc1CO. The lowest BCUT2D eigenvalue weighted by Crippen LogP contribution is -2.08. The molecule has 0 fully saturated rings. The fourth-order valence-electron chi connectivity index (χ4n) is 1.15. The van der Waals surface area contributed by atoms with Crippen LogP contribution in [0.2, 0.25) is 0 Å². The van der Waals surface area contributed by atoms with Crippen LogP contribution in [0.25, 0.3) is 0 Å². The van der Waals surface area contributed by atoms with E-state index >= 15 is 0 Å². The topological polar surface area (TPSA) is 51.6 Å². The monoisotopic (exact) mass is 183 g/mol. The standard InChI is InChI=1S/C9H13NO3/c1-12-9(13-2)7-4-3-5-10-8(7)6-11/h3-5,9,11H,6H2,1-2H3. The van der Waals surface area contributed by atoms with E-state index in [9.17, 15) is 0 Å². The van der Waals surface area contributed by atoms with E-state index in [1.165, 1.54) is 0 Å². The lowest BCUT2D eigenvalue weighted by Gasteiger charge is -2.15. The Labute approximate surface area is 77.1 Å². The summed E-state index contributed by atoms with van der Waals surface area (Å²) in [5.74, 6) is 0. The molecule has 1 aromatic heterocycles. The zero-order chi connectivity index (χ0) is 9.68. The molecule has 1 N–H and O–H groups in total. The van der Waals surface area contributed by atoms with Crippen LogP contribution in [0.5, 0.6) is 0 Å². The first-order chi connectivity index (χ1) is 6.33. The van der Waals surface area contributed by atoms with Crippen LogP contribution >= 0.6 is 0 Å². The molecule has 0 aromatic carbocycles. The number of aliphatic hydroxyl groups excluding tert-OH is 1. The normalized spacial score (nSPS) is 10.8. The summed E-state index contributed by atoms with van der Waals surface area (Å²) in [6.07, 6.45) is 1.16. The summed E-state index contributed by atoms with van der Waals surface area (Å²) < 4.78 is 10.1. The second kappa shape index (κ2) is 4.91. The van der Waals surface area contributed by atoms with E-state index < -0.39 is 6.29 Å². The average molecular weight is 183 g/mol. The van der Waals surface area contributed by atoms with E-state index in [4.69, 9.17) is 14.6 Å². The van der Waals surface area contributed by atoms with Crippen molar-refractivity contribution in [2.75, 3.05) is 14.2 Å². The summed E-state index contributed by atoms with van der Waals surface area (Å²) >= 11 is 0. The Morgan fingerprint density at radius 3 is 2.69 bits per heavy atom. The highest BCUT2D eigenvalue weighted by Gasteiger charge is 2.13. The van der Waals surface area contributed by atoms with E-state index in [0.717, 1.165) is 5.56 Å². The lowest BCUT2D eigenvalue weighted by atomic mass is 10.2. The first-order valence-corrected chi connectivity index (χ1v) is 3.93. The molecule has 0 saturated heterocycles. The van der Waals surface area contributed by atoms with Gasteiger partial charge in [-0.05, 0) is 6.07 Å². The molecular weight excluding hydrogens is 170 g/mol. The average Bonchev–Trinajstić information content (AvgIpc) is 2.20. The number of ether oxygens (including phenoxy) is 2. The Bertz CT molecular complexity index is 261. The van der Waals surface area contributed by atoms with Gasteiger partial charge >= 0.3 is 0 Å². The molecule has 0 unspecified atom stereocenters. The van der Waals surface area contributed by atoms with Crippen molar-refractivity contribution in [3.05, 3.63) is 29.6 Å². The van der Waals surface area contributed by atoms with Crippen LogP contribution in [-0.4, -0.2) is 24.3 Å². The van der Waals surface area contributed by atoms with E-state index in [1.807, 2.05) is 6.07 Å². The largest absolute Gasteiger partial charge is 0.390 e. The minimum absolute atomic E-state index is 0.112. The molecule has 1 heterocycles. The van der Waals surface area contributed by atoms with Gasteiger partial charge in [-0.15, -0.1) is 0 Å². The first-order valence-electron chi connectivity index (χ1n) is 3.93. The molecule has 0 saturated carbocycles. The van der Waals surface area contributed by atoms with Crippen LogP contribution in [0, 0.1) is 0 Å². The van der Waals surface area contributed by atoms with Crippen molar-refractivity contribution in [3.63, 3.8) is 0 Å². The molecule has 0 radical (unpaired) electrons. The van der Waals surface area contributed by atoms with Gasteiger partial charge < -0.3 is 14.6 Å². The highest BCUT2D eigenvalue weighted by molar-refractivity contribution is 5.20. The molecule has 0 bridgehead atoms. The van der Waals surface area contributed by atoms with Crippen molar-refractivity contribution < 1.29 is 14.6 Å². The molecular formula is C9H13NO3. The second-order valence-corrected chi connectivity index (χ2v) is 2.50. The fraction of sp³-hybridized carbons (Fsp3) is 0.444. The van der Waals surface area contributed by atoms with Gasteiger partial charge in [-0.25, -0.2) is 0 Å². The van der Waals surface area contributed by atoms with Gasteiger partial charge in [0, 0.05) is 26.0 Å². The van der Waals surface area contributed by atoms with Gasteiger partial charge in [0.05, 0.1) is 12.3 Å². The lowest BCUT2D eigenvalue weighted by molar-refractivity contribution is -0.107. The van der Waals surface area contributed by atoms with Gasteiger partial charge in [0.1, 0.15) is 0 Å². The number of rotatable bonds is 4. The van der Waals surface area contributed by atoms with Crippen LogP contribution < -0.4 is 0 Å². The van der Waals surface area contributed by atoms with Crippen molar-refractivity contribution in [1.82, 2.24) is 4.98 Å². The Balaban J connectivity index is 2.96. The molecule has 0 aliphatic carbocycles. The third kappa shape index (κ3) is 2.24. The van der Waals surface area contributed by atoms with Gasteiger partial charge in [-0.3, -0.25) is 4.98 Å². The van der Waals surface area contributed by atoms with Crippen molar-refractivity contribution in [2.45, 2.75) is 12.9 Å². The van der Waals surface area contributed by atoms with Crippen LogP contribution in [0.4, 0.5) is 0 Å². The molecule has 13 heavy (non-hydrogen) atoms. The maximum atomic E-state index is 8.98. The van der Waals surface area contributed by atoms with Crippen LogP contribution in [-0.2, 0) is 16.1 Å². The minimum Gasteiger partial charge on any atom is -0.390 e. The zero-order valence-electron chi connectivity index (χ0n) is 7.73. The van der Waals surface area contributed by atoms with Crippen LogP contribution in [0.3, 0.4) is 0 Å². The molecule has 4 nitrogen and oxygen atoms in total. The highest BCUT2D eigenvalue weighted by atomic mass is 16.7. The van der Waals surface area contributed by atoms with Gasteiger partial charge in [0.15, 0.2) is 6.29 Å². The van der Waals surface area contributed by atoms with Gasteiger partial charge in [-0.2, -0.15) is 0 Å². The smallest absolute Gasteiger partial charge is 0.184 e. The Morgan fingerprint density at radius 1 is 1.46 bits per heavy atom. The van der Waals surface area contributed by atoms with Gasteiger partial charge in [-0.1, -0.05) is 6.07 Å². The van der Waals surface area contributed by atoms with E-state index in [-0.39, 0.29) is 6.61 Å². The van der Waals surface area contributed by atoms with Crippen molar-refractivity contribution in [3.8, 4) is 0 Å². The van der Waals surface area contributed by atoms with E-state index in [1.54, 1.807) is 26.5 Å². The predicted molar refractivity (Wildman–Crippen MR) is 46.9 cm³/mol. The summed E-state index contributed by atoms with van der Waals surface area (Å²) in [5, 5.41) is 8.98. The molecule has 0 spiro atoms. The molecule has 0 amide bonds. The molecule has 0 atom stereocenters. The summed E-state index contributed by atoms with van der Waals surface area (Å²) in [4.78, 5) is 4.00. The predicted octanol–water partition coefficient (Wildman–Crippen LogP) is 0.865. The number of nitrogens with zero attached hydrogens (tertiary/aromatic N) is 1. The quantitative estimate of drug-likeness (QED) is 0.703. The molecule has 72 valence electrons. The number of hydrogen-bond donors (Lipinski definition) is 1. The molecule has 0 aliphatic heterocycles. The van der Waals surface area contributed by atoms with E-state index in [0.29, 0.717) is 5.69 Å². The summed E-state index contributed by atoms with van der Waals surface area (Å²) in [7, 11) is 3.09. The second-order valence-electron chi connectivity index (χ2n) is 2.50. The molecule has 1 rings (SSSR count). The van der Waals surface area contributed by atoms with Crippen molar-refractivity contribution >= 4 is 0 Å². The number of methoxy groups -OCH3 is 2. The van der Waals surface area contributed by atoms with Crippen LogP contribution in [0.15, 0.2) is 18.3 Å². The van der Waals surface area contributed by atoms with Gasteiger partial charge in [0.25, 0.3) is 0 Å². The molecule has 4 heteroatoms. The maximum Gasteiger partial charge on any atom is 0.184 e. The number of pyridine rings is 1. The Hall–Kier alpha value is -0.970. The first kappa shape index (κ1) is 10.1. The number of aromatic nitrogens is 1. The number of aliphatic hydroxyl groups is 1. The minimum atomic E-state index is -0.462. The van der Waals surface area contributed by atoms with Crippen LogP contribution in [0.1, 0.15) is 17.5 Å². The van der Waals surface area contributed by atoms with Crippen molar-refractivity contribution in [1.29, 1.82) is 0 Å². The fourth-order valence-corrected chi connectivity index (χ4v) is 1.15. The van der Waals surface area contributed by atoms with E-state index in [2.05, 4.69) is 4.98 Å². The van der Waals surface area contributed by atoms with Crippen molar-refractivity contribution in [2.24, 2.45) is 0 Å². The zero-order valence-corrected chi connectivity index (χ0v) is 7.73.